The molecule has 0 aliphatic carbocycles. The van der Waals surface area contributed by atoms with Gasteiger partial charge in [0.25, 0.3) is 0 Å². The number of rotatable bonds is 56. The van der Waals surface area contributed by atoms with Crippen molar-refractivity contribution in [2.24, 2.45) is 0 Å². The molecule has 0 aromatic carbocycles. The molecule has 2 heterocycles. The maximum absolute atomic E-state index is 13.3. The predicted octanol–water partition coefficient (Wildman–Crippen LogP) is 13.5. The summed E-state index contributed by atoms with van der Waals surface area (Å²) in [4.78, 5) is 13.3. The Morgan fingerprint density at radius 2 is 0.795 bits per heavy atom. The number of carbonyl (C=O) groups is 1. The van der Waals surface area contributed by atoms with Crippen LogP contribution in [0.3, 0.4) is 0 Å². The van der Waals surface area contributed by atoms with Crippen LogP contribution in [0.1, 0.15) is 290 Å². The zero-order valence-electron chi connectivity index (χ0n) is 52.7. The molecule has 12 atom stereocenters. The van der Waals surface area contributed by atoms with Gasteiger partial charge in [0, 0.05) is 6.42 Å². The van der Waals surface area contributed by atoms with Crippen LogP contribution in [0.15, 0.2) is 48.6 Å². The van der Waals surface area contributed by atoms with Gasteiger partial charge in [-0.1, -0.05) is 274 Å². The lowest BCUT2D eigenvalue weighted by atomic mass is 9.97. The quantitative estimate of drug-likeness (QED) is 0.0204. The number of aliphatic hydroxyl groups is 8. The summed E-state index contributed by atoms with van der Waals surface area (Å²) in [5, 5.41) is 87.2. The van der Waals surface area contributed by atoms with Crippen LogP contribution in [-0.2, 0) is 23.7 Å². The van der Waals surface area contributed by atoms with E-state index in [4.69, 9.17) is 18.9 Å². The number of allylic oxidation sites excluding steroid dienone is 7. The van der Waals surface area contributed by atoms with Crippen molar-refractivity contribution >= 4 is 5.91 Å². The van der Waals surface area contributed by atoms with Crippen LogP contribution in [0.5, 0.6) is 0 Å². The number of hydrogen-bond acceptors (Lipinski definition) is 13. The molecule has 14 heteroatoms. The molecule has 2 fully saturated rings. The lowest BCUT2D eigenvalue weighted by Gasteiger charge is -2.46. The lowest BCUT2D eigenvalue weighted by molar-refractivity contribution is -0.359. The normalized spacial score (nSPS) is 24.1. The number of amides is 1. The third kappa shape index (κ3) is 38.8. The Hall–Kier alpha value is -2.05. The van der Waals surface area contributed by atoms with E-state index in [1.165, 1.54) is 212 Å². The Morgan fingerprint density at radius 1 is 0.434 bits per heavy atom. The number of aliphatic hydroxyl groups excluding tert-OH is 8. The first kappa shape index (κ1) is 77.0. The predicted molar refractivity (Wildman–Crippen MR) is 337 cm³/mol. The van der Waals surface area contributed by atoms with E-state index < -0.39 is 86.8 Å². The first-order chi connectivity index (χ1) is 40.6. The molecule has 486 valence electrons. The number of ether oxygens (including phenoxy) is 4. The number of hydrogen-bond donors (Lipinski definition) is 9. The molecular formula is C69H127NO13. The third-order valence-corrected chi connectivity index (χ3v) is 16.8. The first-order valence-electron chi connectivity index (χ1n) is 34.4. The standard InChI is InChI=1S/C69H127NO13/c1-3-5-7-9-11-13-15-17-19-20-21-22-23-24-25-26-27-28-29-30-31-32-33-34-35-36-37-38-39-41-43-45-47-49-51-53-61(74)70-57(58(73)52-50-48-46-44-42-40-18-16-14-12-10-8-6-4-2)56-80-68-66(79)64(77)67(60(55-72)82-68)83-69-65(78)63(76)62(75)59(54-71)81-69/h15,17,20-21,23-24,50,52,57-60,62-69,71-73,75-79H,3-14,16,18-19,22,25-49,51,53-56H2,1-2H3,(H,70,74)/b17-15-,21-20-,24-23-,52-50+. The Labute approximate surface area is 505 Å². The monoisotopic (exact) mass is 1180 g/mol. The molecule has 0 radical (unpaired) electrons. The zero-order valence-corrected chi connectivity index (χ0v) is 52.7. The van der Waals surface area contributed by atoms with E-state index in [1.807, 2.05) is 6.08 Å². The minimum atomic E-state index is -1.79. The number of nitrogens with one attached hydrogen (secondary N) is 1. The molecular weight excluding hydrogens is 1050 g/mol. The van der Waals surface area contributed by atoms with Crippen LogP contribution >= 0.6 is 0 Å². The van der Waals surface area contributed by atoms with E-state index in [-0.39, 0.29) is 18.9 Å². The summed E-state index contributed by atoms with van der Waals surface area (Å²) in [5.74, 6) is -0.236. The molecule has 2 saturated heterocycles. The van der Waals surface area contributed by atoms with Gasteiger partial charge in [-0.2, -0.15) is 0 Å². The van der Waals surface area contributed by atoms with Crippen molar-refractivity contribution in [3.8, 4) is 0 Å². The summed E-state index contributed by atoms with van der Waals surface area (Å²) in [7, 11) is 0. The summed E-state index contributed by atoms with van der Waals surface area (Å²) in [6.07, 6.45) is 53.2. The molecule has 0 aromatic rings. The van der Waals surface area contributed by atoms with Gasteiger partial charge in [0.15, 0.2) is 12.6 Å². The fourth-order valence-electron chi connectivity index (χ4n) is 11.2. The molecule has 14 nitrogen and oxygen atoms in total. The van der Waals surface area contributed by atoms with Gasteiger partial charge in [0.05, 0.1) is 32.0 Å². The van der Waals surface area contributed by atoms with Crippen molar-refractivity contribution in [3.63, 3.8) is 0 Å². The van der Waals surface area contributed by atoms with Gasteiger partial charge in [-0.3, -0.25) is 4.79 Å². The first-order valence-corrected chi connectivity index (χ1v) is 34.4. The van der Waals surface area contributed by atoms with Gasteiger partial charge in [-0.15, -0.1) is 0 Å². The van der Waals surface area contributed by atoms with Crippen LogP contribution in [0.4, 0.5) is 0 Å². The van der Waals surface area contributed by atoms with E-state index >= 15 is 0 Å². The molecule has 0 saturated carbocycles. The minimum absolute atomic E-state index is 0.236. The van der Waals surface area contributed by atoms with Crippen LogP contribution in [0, 0.1) is 0 Å². The van der Waals surface area contributed by atoms with Gasteiger partial charge in [0.1, 0.15) is 48.8 Å². The zero-order chi connectivity index (χ0) is 60.2. The van der Waals surface area contributed by atoms with Crippen LogP contribution in [0.2, 0.25) is 0 Å². The molecule has 83 heavy (non-hydrogen) atoms. The maximum Gasteiger partial charge on any atom is 0.220 e. The fraction of sp³-hybridized carbons (Fsp3) is 0.870. The minimum Gasteiger partial charge on any atom is -0.394 e. The molecule has 0 aromatic heterocycles. The smallest absolute Gasteiger partial charge is 0.220 e. The maximum atomic E-state index is 13.3. The van der Waals surface area contributed by atoms with Crippen LogP contribution < -0.4 is 5.32 Å². The number of carbonyl (C=O) groups excluding carboxylic acids is 1. The van der Waals surface area contributed by atoms with Crippen molar-refractivity contribution in [2.75, 3.05) is 19.8 Å². The van der Waals surface area contributed by atoms with Crippen LogP contribution in [0.25, 0.3) is 0 Å². The van der Waals surface area contributed by atoms with Gasteiger partial charge in [-0.05, 0) is 57.8 Å². The second-order valence-electron chi connectivity index (χ2n) is 24.3. The van der Waals surface area contributed by atoms with Crippen molar-refractivity contribution in [2.45, 2.75) is 364 Å². The fourth-order valence-corrected chi connectivity index (χ4v) is 11.2. The highest BCUT2D eigenvalue weighted by Gasteiger charge is 2.51. The van der Waals surface area contributed by atoms with Gasteiger partial charge in [0.2, 0.25) is 5.91 Å². The highest BCUT2D eigenvalue weighted by Crippen LogP contribution is 2.30. The van der Waals surface area contributed by atoms with E-state index in [1.54, 1.807) is 6.08 Å². The largest absolute Gasteiger partial charge is 0.394 e. The second kappa shape index (κ2) is 54.1. The Bertz CT molecular complexity index is 1580. The average Bonchev–Trinajstić information content (AvgIpc) is 3.64. The van der Waals surface area contributed by atoms with E-state index in [0.717, 1.165) is 51.4 Å². The molecule has 2 aliphatic rings. The topological polar surface area (TPSA) is 228 Å². The molecule has 2 rings (SSSR count). The van der Waals surface area contributed by atoms with Gasteiger partial charge in [-0.25, -0.2) is 0 Å². The highest BCUT2D eigenvalue weighted by molar-refractivity contribution is 5.76. The van der Waals surface area contributed by atoms with E-state index in [9.17, 15) is 45.6 Å². The molecule has 2 aliphatic heterocycles. The number of unbranched alkanes of at least 4 members (excludes halogenated alkanes) is 37. The SMILES string of the molecule is CCCCCCC/C=C\C/C=C\C/C=C\CCCCCCCCCCCCCCCCCCCCCCC(=O)NC(COC1OC(CO)C(OC2OC(CO)C(O)C(O)C2O)C(O)C1O)C(O)/C=C/CCCCCCCCCCCCCC. The van der Waals surface area contributed by atoms with Crippen LogP contribution in [-0.4, -0.2) is 140 Å². The van der Waals surface area contributed by atoms with E-state index in [2.05, 4.69) is 55.6 Å². The lowest BCUT2D eigenvalue weighted by Crippen LogP contribution is -2.65. The van der Waals surface area contributed by atoms with Crippen molar-refractivity contribution in [1.29, 1.82) is 0 Å². The average molecular weight is 1180 g/mol. The summed E-state index contributed by atoms with van der Waals surface area (Å²) < 4.78 is 22.8. The van der Waals surface area contributed by atoms with Gasteiger partial charge < -0.3 is 65.1 Å². The van der Waals surface area contributed by atoms with Gasteiger partial charge >= 0.3 is 0 Å². The molecule has 0 bridgehead atoms. The Balaban J connectivity index is 1.60. The van der Waals surface area contributed by atoms with Crippen molar-refractivity contribution < 1.29 is 64.6 Å². The molecule has 12 unspecified atom stereocenters. The summed E-state index contributed by atoms with van der Waals surface area (Å²) >= 11 is 0. The molecule has 1 amide bonds. The third-order valence-electron chi connectivity index (χ3n) is 16.8. The highest BCUT2D eigenvalue weighted by atomic mass is 16.7. The summed E-state index contributed by atoms with van der Waals surface area (Å²) in [5.41, 5.74) is 0. The molecule has 0 spiro atoms. The second-order valence-corrected chi connectivity index (χ2v) is 24.3. The van der Waals surface area contributed by atoms with E-state index in [0.29, 0.717) is 6.42 Å². The van der Waals surface area contributed by atoms with Crippen molar-refractivity contribution in [3.05, 3.63) is 48.6 Å². The molecule has 9 N–H and O–H groups in total. The summed E-state index contributed by atoms with van der Waals surface area (Å²) in [6, 6.07) is -0.913. The Kier molecular flexibility index (Phi) is 50.2. The van der Waals surface area contributed by atoms with Crippen molar-refractivity contribution in [1.82, 2.24) is 5.32 Å². The Morgan fingerprint density at radius 3 is 1.22 bits per heavy atom. The summed E-state index contributed by atoms with van der Waals surface area (Å²) in [6.45, 7) is 2.80.